The van der Waals surface area contributed by atoms with Gasteiger partial charge in [-0.15, -0.1) is 0 Å². The predicted octanol–water partition coefficient (Wildman–Crippen LogP) is 1.67. The van der Waals surface area contributed by atoms with Crippen LogP contribution in [0.15, 0.2) is 27.5 Å². The van der Waals surface area contributed by atoms with E-state index in [1.165, 1.54) is 0 Å². The first-order valence-corrected chi connectivity index (χ1v) is 5.75. The van der Waals surface area contributed by atoms with Crippen molar-refractivity contribution in [2.75, 3.05) is 7.05 Å². The standard InChI is InChI=1S/C10H13BrN4O/c1-12-7(8-3-4-9(11)16-8)5-10-13-6-14-15(10)2/h3-4,6-7,12H,5H2,1-2H3. The zero-order valence-corrected chi connectivity index (χ0v) is 10.7. The number of halogens is 1. The smallest absolute Gasteiger partial charge is 0.169 e. The predicted molar refractivity (Wildman–Crippen MR) is 62.9 cm³/mol. The highest BCUT2D eigenvalue weighted by Gasteiger charge is 2.16. The summed E-state index contributed by atoms with van der Waals surface area (Å²) < 4.78 is 8.02. The Hall–Kier alpha value is -1.14. The van der Waals surface area contributed by atoms with Gasteiger partial charge in [-0.2, -0.15) is 5.10 Å². The highest BCUT2D eigenvalue weighted by atomic mass is 79.9. The molecule has 6 heteroatoms. The molecule has 1 atom stereocenters. The Morgan fingerprint density at radius 3 is 2.88 bits per heavy atom. The fraction of sp³-hybridized carbons (Fsp3) is 0.400. The number of aromatic nitrogens is 3. The summed E-state index contributed by atoms with van der Waals surface area (Å²) in [6.07, 6.45) is 2.30. The molecule has 2 heterocycles. The van der Waals surface area contributed by atoms with E-state index in [0.717, 1.165) is 22.7 Å². The van der Waals surface area contributed by atoms with Crippen LogP contribution in [0.5, 0.6) is 0 Å². The van der Waals surface area contributed by atoms with Crippen molar-refractivity contribution in [2.24, 2.45) is 7.05 Å². The van der Waals surface area contributed by atoms with Crippen LogP contribution in [-0.2, 0) is 13.5 Å². The Labute approximate surface area is 102 Å². The molecule has 0 radical (unpaired) electrons. The Bertz CT molecular complexity index is 465. The minimum absolute atomic E-state index is 0.106. The van der Waals surface area contributed by atoms with Crippen LogP contribution >= 0.6 is 15.9 Å². The number of nitrogens with one attached hydrogen (secondary N) is 1. The Morgan fingerprint density at radius 1 is 1.56 bits per heavy atom. The van der Waals surface area contributed by atoms with Gasteiger partial charge in [0.2, 0.25) is 0 Å². The van der Waals surface area contributed by atoms with Crippen LogP contribution in [0.4, 0.5) is 0 Å². The molecule has 0 aromatic carbocycles. The zero-order valence-electron chi connectivity index (χ0n) is 9.14. The van der Waals surface area contributed by atoms with E-state index in [9.17, 15) is 0 Å². The molecule has 2 rings (SSSR count). The lowest BCUT2D eigenvalue weighted by atomic mass is 10.1. The van der Waals surface area contributed by atoms with E-state index >= 15 is 0 Å². The number of likely N-dealkylation sites (N-methyl/N-ethyl adjacent to an activating group) is 1. The highest BCUT2D eigenvalue weighted by molar-refractivity contribution is 9.10. The molecule has 0 bridgehead atoms. The first-order valence-electron chi connectivity index (χ1n) is 4.96. The number of nitrogens with zero attached hydrogens (tertiary/aromatic N) is 3. The number of aryl methyl sites for hydroxylation is 1. The van der Waals surface area contributed by atoms with Crippen LogP contribution in [0.1, 0.15) is 17.6 Å². The van der Waals surface area contributed by atoms with Gasteiger partial charge < -0.3 is 9.73 Å². The molecule has 86 valence electrons. The van der Waals surface area contributed by atoms with Gasteiger partial charge in [0, 0.05) is 13.5 Å². The van der Waals surface area contributed by atoms with E-state index in [0.29, 0.717) is 0 Å². The normalized spacial score (nSPS) is 12.9. The molecule has 1 unspecified atom stereocenters. The van der Waals surface area contributed by atoms with Gasteiger partial charge in [-0.1, -0.05) is 0 Å². The summed E-state index contributed by atoms with van der Waals surface area (Å²) in [7, 11) is 3.78. The summed E-state index contributed by atoms with van der Waals surface area (Å²) in [6.45, 7) is 0. The Balaban J connectivity index is 2.15. The van der Waals surface area contributed by atoms with Crippen molar-refractivity contribution in [1.82, 2.24) is 20.1 Å². The SMILES string of the molecule is CNC(Cc1ncnn1C)c1ccc(Br)o1. The average molecular weight is 285 g/mol. The summed E-state index contributed by atoms with van der Waals surface area (Å²) in [5, 5.41) is 7.24. The van der Waals surface area contributed by atoms with Gasteiger partial charge in [0.25, 0.3) is 0 Å². The molecule has 1 N–H and O–H groups in total. The topological polar surface area (TPSA) is 55.9 Å². The molecule has 0 amide bonds. The van der Waals surface area contributed by atoms with Gasteiger partial charge in [0.05, 0.1) is 6.04 Å². The van der Waals surface area contributed by atoms with Crippen molar-refractivity contribution >= 4 is 15.9 Å². The number of rotatable bonds is 4. The summed E-state index contributed by atoms with van der Waals surface area (Å²) in [4.78, 5) is 4.19. The summed E-state index contributed by atoms with van der Waals surface area (Å²) >= 11 is 3.29. The van der Waals surface area contributed by atoms with E-state index in [4.69, 9.17) is 4.42 Å². The van der Waals surface area contributed by atoms with Gasteiger partial charge in [0.1, 0.15) is 17.9 Å². The lowest BCUT2D eigenvalue weighted by Crippen LogP contribution is -2.20. The largest absolute Gasteiger partial charge is 0.453 e. The van der Waals surface area contributed by atoms with Crippen LogP contribution in [-0.4, -0.2) is 21.8 Å². The first kappa shape index (κ1) is 11.3. The summed E-state index contributed by atoms with van der Waals surface area (Å²) in [5.41, 5.74) is 0. The van der Waals surface area contributed by atoms with Gasteiger partial charge in [-0.25, -0.2) is 4.98 Å². The van der Waals surface area contributed by atoms with Crippen molar-refractivity contribution in [3.63, 3.8) is 0 Å². The molecule has 0 saturated carbocycles. The summed E-state index contributed by atoms with van der Waals surface area (Å²) in [5.74, 6) is 1.81. The van der Waals surface area contributed by atoms with Crippen LogP contribution < -0.4 is 5.32 Å². The van der Waals surface area contributed by atoms with Crippen molar-refractivity contribution in [3.05, 3.63) is 34.7 Å². The second-order valence-electron chi connectivity index (χ2n) is 3.49. The average Bonchev–Trinajstić information content (AvgIpc) is 2.85. The quantitative estimate of drug-likeness (QED) is 0.928. The molecule has 0 spiro atoms. The van der Waals surface area contributed by atoms with E-state index in [1.54, 1.807) is 11.0 Å². The van der Waals surface area contributed by atoms with Gasteiger partial charge in [0.15, 0.2) is 4.67 Å². The lowest BCUT2D eigenvalue weighted by molar-refractivity contribution is 0.409. The van der Waals surface area contributed by atoms with Crippen molar-refractivity contribution in [2.45, 2.75) is 12.5 Å². The maximum Gasteiger partial charge on any atom is 0.169 e. The second kappa shape index (κ2) is 4.80. The Kier molecular flexibility index (Phi) is 3.40. The third kappa shape index (κ3) is 2.33. The van der Waals surface area contributed by atoms with Crippen molar-refractivity contribution in [3.8, 4) is 0 Å². The van der Waals surface area contributed by atoms with Crippen LogP contribution in [0.25, 0.3) is 0 Å². The van der Waals surface area contributed by atoms with Gasteiger partial charge in [-0.05, 0) is 35.1 Å². The van der Waals surface area contributed by atoms with Crippen LogP contribution in [0.2, 0.25) is 0 Å². The molecule has 0 aliphatic heterocycles. The van der Waals surface area contributed by atoms with Crippen molar-refractivity contribution in [1.29, 1.82) is 0 Å². The molecule has 0 saturated heterocycles. The second-order valence-corrected chi connectivity index (χ2v) is 4.27. The number of hydrogen-bond acceptors (Lipinski definition) is 4. The van der Waals surface area contributed by atoms with E-state index in [2.05, 4.69) is 31.3 Å². The Morgan fingerprint density at radius 2 is 2.38 bits per heavy atom. The number of furan rings is 1. The first-order chi connectivity index (χ1) is 7.70. The number of hydrogen-bond donors (Lipinski definition) is 1. The molecule has 16 heavy (non-hydrogen) atoms. The third-order valence-corrected chi connectivity index (χ3v) is 2.90. The molecule has 0 aliphatic carbocycles. The third-order valence-electron chi connectivity index (χ3n) is 2.48. The van der Waals surface area contributed by atoms with Gasteiger partial charge >= 0.3 is 0 Å². The fourth-order valence-electron chi connectivity index (χ4n) is 1.55. The summed E-state index contributed by atoms with van der Waals surface area (Å²) in [6, 6.07) is 3.94. The van der Waals surface area contributed by atoms with Crippen molar-refractivity contribution < 1.29 is 4.42 Å². The molecule has 5 nitrogen and oxygen atoms in total. The molecular weight excluding hydrogens is 272 g/mol. The minimum atomic E-state index is 0.106. The fourth-order valence-corrected chi connectivity index (χ4v) is 1.87. The molecule has 0 fully saturated rings. The molecular formula is C10H13BrN4O. The molecule has 2 aromatic heterocycles. The lowest BCUT2D eigenvalue weighted by Gasteiger charge is -2.12. The molecule has 0 aliphatic rings. The van der Waals surface area contributed by atoms with E-state index in [-0.39, 0.29) is 6.04 Å². The molecule has 2 aromatic rings. The monoisotopic (exact) mass is 284 g/mol. The maximum atomic E-state index is 5.52. The van der Waals surface area contributed by atoms with E-state index < -0.39 is 0 Å². The van der Waals surface area contributed by atoms with E-state index in [1.807, 2.05) is 26.2 Å². The van der Waals surface area contributed by atoms with Crippen LogP contribution in [0.3, 0.4) is 0 Å². The van der Waals surface area contributed by atoms with Gasteiger partial charge in [-0.3, -0.25) is 4.68 Å². The highest BCUT2D eigenvalue weighted by Crippen LogP contribution is 2.22. The van der Waals surface area contributed by atoms with Crippen LogP contribution in [0, 0.1) is 0 Å². The minimum Gasteiger partial charge on any atom is -0.453 e. The maximum absolute atomic E-state index is 5.52. The zero-order chi connectivity index (χ0) is 11.5.